The fraction of sp³-hybridized carbons (Fsp3) is 0.235. The molecule has 0 saturated heterocycles. The quantitative estimate of drug-likeness (QED) is 0.838. The van der Waals surface area contributed by atoms with Crippen molar-refractivity contribution in [2.75, 3.05) is 11.3 Å². The maximum atomic E-state index is 13.3. The monoisotopic (exact) mass is 351 g/mol. The van der Waals surface area contributed by atoms with Gasteiger partial charge in [0, 0.05) is 0 Å². The lowest BCUT2D eigenvalue weighted by Gasteiger charge is -2.12. The Morgan fingerprint density at radius 2 is 1.83 bits per heavy atom. The van der Waals surface area contributed by atoms with Crippen molar-refractivity contribution >= 4 is 21.7 Å². The third-order valence-electron chi connectivity index (χ3n) is 3.42. The minimum absolute atomic E-state index is 0.0322. The highest BCUT2D eigenvalue weighted by Crippen LogP contribution is 2.22. The van der Waals surface area contributed by atoms with E-state index < -0.39 is 21.8 Å². The van der Waals surface area contributed by atoms with Crippen LogP contribution in [0.25, 0.3) is 0 Å². The predicted octanol–water partition coefficient (Wildman–Crippen LogP) is 3.42. The maximum absolute atomic E-state index is 13.3. The molecule has 2 aromatic carbocycles. The SMILES string of the molecule is CCOC(=O)c1ccc(NS(=O)(=O)c2ccc(F)c(C)c2)c(C)c1. The Labute approximate surface area is 140 Å². The van der Waals surface area contributed by atoms with Gasteiger partial charge in [-0.3, -0.25) is 4.72 Å². The molecule has 1 N–H and O–H groups in total. The summed E-state index contributed by atoms with van der Waals surface area (Å²) in [4.78, 5) is 11.7. The Morgan fingerprint density at radius 3 is 2.42 bits per heavy atom. The van der Waals surface area contributed by atoms with Crippen molar-refractivity contribution in [3.8, 4) is 0 Å². The number of anilines is 1. The molecular weight excluding hydrogens is 333 g/mol. The first kappa shape index (κ1) is 17.9. The number of hydrogen-bond donors (Lipinski definition) is 1. The Hall–Kier alpha value is -2.41. The van der Waals surface area contributed by atoms with Crippen LogP contribution in [0.15, 0.2) is 41.3 Å². The molecule has 0 aromatic heterocycles. The molecule has 0 radical (unpaired) electrons. The minimum atomic E-state index is -3.85. The van der Waals surface area contributed by atoms with Gasteiger partial charge in [-0.15, -0.1) is 0 Å². The number of sulfonamides is 1. The van der Waals surface area contributed by atoms with E-state index in [1.54, 1.807) is 19.9 Å². The van der Waals surface area contributed by atoms with Gasteiger partial charge < -0.3 is 4.74 Å². The Kier molecular flexibility index (Phi) is 5.23. The zero-order chi connectivity index (χ0) is 17.9. The first-order chi connectivity index (χ1) is 11.2. The number of aryl methyl sites for hydroxylation is 2. The number of carbonyl (C=O) groups is 1. The molecule has 0 atom stereocenters. The van der Waals surface area contributed by atoms with Gasteiger partial charge in [-0.2, -0.15) is 0 Å². The number of nitrogens with one attached hydrogen (secondary N) is 1. The van der Waals surface area contributed by atoms with Crippen LogP contribution in [0.3, 0.4) is 0 Å². The van der Waals surface area contributed by atoms with Gasteiger partial charge >= 0.3 is 5.97 Å². The minimum Gasteiger partial charge on any atom is -0.462 e. The molecule has 0 fully saturated rings. The van der Waals surface area contributed by atoms with E-state index in [2.05, 4.69) is 4.72 Å². The van der Waals surface area contributed by atoms with Crippen molar-refractivity contribution in [1.29, 1.82) is 0 Å². The zero-order valence-corrected chi connectivity index (χ0v) is 14.4. The van der Waals surface area contributed by atoms with E-state index >= 15 is 0 Å². The molecule has 24 heavy (non-hydrogen) atoms. The number of halogens is 1. The highest BCUT2D eigenvalue weighted by molar-refractivity contribution is 7.92. The molecule has 0 unspecified atom stereocenters. The van der Waals surface area contributed by atoms with Crippen LogP contribution in [0.2, 0.25) is 0 Å². The molecule has 0 bridgehead atoms. The van der Waals surface area contributed by atoms with E-state index in [4.69, 9.17) is 4.74 Å². The Morgan fingerprint density at radius 1 is 1.12 bits per heavy atom. The molecule has 0 amide bonds. The van der Waals surface area contributed by atoms with Crippen molar-refractivity contribution in [2.45, 2.75) is 25.7 Å². The van der Waals surface area contributed by atoms with Gasteiger partial charge in [-0.1, -0.05) is 0 Å². The molecular formula is C17H18FNO4S. The lowest BCUT2D eigenvalue weighted by Crippen LogP contribution is -2.14. The van der Waals surface area contributed by atoms with Crippen molar-refractivity contribution in [1.82, 2.24) is 0 Å². The highest BCUT2D eigenvalue weighted by Gasteiger charge is 2.17. The molecule has 0 aliphatic heterocycles. The number of ether oxygens (including phenoxy) is 1. The van der Waals surface area contributed by atoms with Crippen molar-refractivity contribution in [3.05, 3.63) is 58.9 Å². The molecule has 7 heteroatoms. The number of rotatable bonds is 5. The fourth-order valence-electron chi connectivity index (χ4n) is 2.11. The summed E-state index contributed by atoms with van der Waals surface area (Å²) < 4.78 is 45.5. The standard InChI is InChI=1S/C17H18FNO4S/c1-4-23-17(20)13-5-8-16(12(3)9-13)19-24(21,22)14-6-7-15(18)11(2)10-14/h5-10,19H,4H2,1-3H3. The average Bonchev–Trinajstić information content (AvgIpc) is 2.52. The van der Waals surface area contributed by atoms with E-state index in [9.17, 15) is 17.6 Å². The van der Waals surface area contributed by atoms with Crippen LogP contribution >= 0.6 is 0 Å². The number of hydrogen-bond acceptors (Lipinski definition) is 4. The van der Waals surface area contributed by atoms with Crippen molar-refractivity contribution in [2.24, 2.45) is 0 Å². The number of benzene rings is 2. The predicted molar refractivity (Wildman–Crippen MR) is 89.1 cm³/mol. The third kappa shape index (κ3) is 3.91. The van der Waals surface area contributed by atoms with Gasteiger partial charge in [-0.05, 0) is 68.3 Å². The van der Waals surface area contributed by atoms with E-state index in [0.717, 1.165) is 6.07 Å². The second kappa shape index (κ2) is 7.00. The van der Waals surface area contributed by atoms with Crippen molar-refractivity contribution < 1.29 is 22.3 Å². The van der Waals surface area contributed by atoms with Gasteiger partial charge in [0.25, 0.3) is 10.0 Å². The lowest BCUT2D eigenvalue weighted by molar-refractivity contribution is 0.0526. The van der Waals surface area contributed by atoms with E-state index in [0.29, 0.717) is 16.8 Å². The van der Waals surface area contributed by atoms with Crippen LogP contribution in [0.1, 0.15) is 28.4 Å². The number of esters is 1. The summed E-state index contributed by atoms with van der Waals surface area (Å²) in [6.45, 7) is 5.14. The first-order valence-electron chi connectivity index (χ1n) is 7.31. The summed E-state index contributed by atoms with van der Waals surface area (Å²) in [6, 6.07) is 8.10. The molecule has 0 aliphatic carbocycles. The topological polar surface area (TPSA) is 72.5 Å². The summed E-state index contributed by atoms with van der Waals surface area (Å²) >= 11 is 0. The van der Waals surface area contributed by atoms with E-state index in [1.165, 1.54) is 31.2 Å². The first-order valence-corrected chi connectivity index (χ1v) is 8.79. The highest BCUT2D eigenvalue weighted by atomic mass is 32.2. The molecule has 0 aliphatic rings. The summed E-state index contributed by atoms with van der Waals surface area (Å²) in [5, 5.41) is 0. The third-order valence-corrected chi connectivity index (χ3v) is 4.78. The summed E-state index contributed by atoms with van der Waals surface area (Å²) in [5.41, 5.74) is 1.50. The van der Waals surface area contributed by atoms with Crippen LogP contribution in [-0.2, 0) is 14.8 Å². The van der Waals surface area contributed by atoms with Gasteiger partial charge in [0.1, 0.15) is 5.82 Å². The molecule has 0 saturated carbocycles. The Balaban J connectivity index is 2.29. The van der Waals surface area contributed by atoms with E-state index in [1.807, 2.05) is 0 Å². The van der Waals surface area contributed by atoms with E-state index in [-0.39, 0.29) is 17.1 Å². The molecule has 128 valence electrons. The van der Waals surface area contributed by atoms with Gasteiger partial charge in [-0.25, -0.2) is 17.6 Å². The van der Waals surface area contributed by atoms with Crippen LogP contribution < -0.4 is 4.72 Å². The van der Waals surface area contributed by atoms with Gasteiger partial charge in [0.15, 0.2) is 0 Å². The number of carbonyl (C=O) groups excluding carboxylic acids is 1. The smallest absolute Gasteiger partial charge is 0.338 e. The van der Waals surface area contributed by atoms with Crippen LogP contribution in [-0.4, -0.2) is 21.0 Å². The zero-order valence-electron chi connectivity index (χ0n) is 13.6. The van der Waals surface area contributed by atoms with Crippen LogP contribution in [0, 0.1) is 19.7 Å². The van der Waals surface area contributed by atoms with Crippen LogP contribution in [0.4, 0.5) is 10.1 Å². The average molecular weight is 351 g/mol. The molecule has 2 aromatic rings. The largest absolute Gasteiger partial charge is 0.462 e. The normalized spacial score (nSPS) is 11.2. The maximum Gasteiger partial charge on any atom is 0.338 e. The second-order valence-electron chi connectivity index (χ2n) is 5.27. The molecule has 5 nitrogen and oxygen atoms in total. The summed E-state index contributed by atoms with van der Waals surface area (Å²) in [7, 11) is -3.85. The Bertz CT molecular complexity index is 878. The van der Waals surface area contributed by atoms with Crippen molar-refractivity contribution in [3.63, 3.8) is 0 Å². The van der Waals surface area contributed by atoms with Gasteiger partial charge in [0.2, 0.25) is 0 Å². The molecule has 0 spiro atoms. The lowest BCUT2D eigenvalue weighted by atomic mass is 10.1. The van der Waals surface area contributed by atoms with Crippen LogP contribution in [0.5, 0.6) is 0 Å². The summed E-state index contributed by atoms with van der Waals surface area (Å²) in [5.74, 6) is -0.937. The summed E-state index contributed by atoms with van der Waals surface area (Å²) in [6.07, 6.45) is 0. The molecule has 0 heterocycles. The second-order valence-corrected chi connectivity index (χ2v) is 6.95. The fourth-order valence-corrected chi connectivity index (χ4v) is 3.32. The molecule has 2 rings (SSSR count). The van der Waals surface area contributed by atoms with Gasteiger partial charge in [0.05, 0.1) is 22.8 Å².